The van der Waals surface area contributed by atoms with Crippen molar-refractivity contribution >= 4 is 17.3 Å². The summed E-state index contributed by atoms with van der Waals surface area (Å²) < 4.78 is 4.91. The summed E-state index contributed by atoms with van der Waals surface area (Å²) in [5, 5.41) is 1.10. The maximum atomic E-state index is 11.3. The fourth-order valence-electron chi connectivity index (χ4n) is 1.62. The van der Waals surface area contributed by atoms with E-state index >= 15 is 0 Å². The van der Waals surface area contributed by atoms with Gasteiger partial charge in [0.05, 0.1) is 11.6 Å². The third kappa shape index (κ3) is 5.00. The van der Waals surface area contributed by atoms with Crippen LogP contribution in [0.3, 0.4) is 0 Å². The smallest absolute Gasteiger partial charge is 0.305 e. The Morgan fingerprint density at radius 3 is 2.89 bits per heavy atom. The first-order chi connectivity index (χ1) is 8.52. The second kappa shape index (κ2) is 7.31. The van der Waals surface area contributed by atoms with E-state index in [2.05, 4.69) is 18.5 Å². The van der Waals surface area contributed by atoms with E-state index in [1.54, 1.807) is 11.3 Å². The van der Waals surface area contributed by atoms with E-state index in [0.29, 0.717) is 18.9 Å². The van der Waals surface area contributed by atoms with Gasteiger partial charge in [0.1, 0.15) is 0 Å². The lowest BCUT2D eigenvalue weighted by molar-refractivity contribution is -0.143. The van der Waals surface area contributed by atoms with Crippen LogP contribution < -0.4 is 0 Å². The summed E-state index contributed by atoms with van der Waals surface area (Å²) in [6.07, 6.45) is 3.95. The molecule has 0 aliphatic carbocycles. The predicted molar refractivity (Wildman–Crippen MR) is 74.7 cm³/mol. The van der Waals surface area contributed by atoms with Gasteiger partial charge < -0.3 is 4.74 Å². The van der Waals surface area contributed by atoms with E-state index in [1.807, 2.05) is 20.0 Å². The van der Waals surface area contributed by atoms with Crippen molar-refractivity contribution in [2.24, 2.45) is 5.92 Å². The molecule has 1 unspecified atom stereocenters. The average Bonchev–Trinajstić information content (AvgIpc) is 2.72. The van der Waals surface area contributed by atoms with Crippen molar-refractivity contribution in [3.8, 4) is 0 Å². The van der Waals surface area contributed by atoms with Gasteiger partial charge in [-0.15, -0.1) is 11.3 Å². The number of aryl methyl sites for hydroxylation is 1. The van der Waals surface area contributed by atoms with Gasteiger partial charge in [0, 0.05) is 23.9 Å². The Labute approximate surface area is 113 Å². The van der Waals surface area contributed by atoms with Crippen molar-refractivity contribution < 1.29 is 9.53 Å². The lowest BCUT2D eigenvalue weighted by Gasteiger charge is -2.13. The third-order valence-corrected chi connectivity index (χ3v) is 3.74. The quantitative estimate of drug-likeness (QED) is 0.560. The molecular weight excluding hydrogens is 246 g/mol. The summed E-state index contributed by atoms with van der Waals surface area (Å²) in [5.74, 6) is 0.195. The molecule has 1 aromatic rings. The summed E-state index contributed by atoms with van der Waals surface area (Å²) in [4.78, 5) is 16.8. The summed E-state index contributed by atoms with van der Waals surface area (Å²) in [7, 11) is 0. The minimum Gasteiger partial charge on any atom is -0.466 e. The molecule has 4 heteroatoms. The van der Waals surface area contributed by atoms with Crippen molar-refractivity contribution in [1.29, 1.82) is 0 Å². The van der Waals surface area contributed by atoms with Gasteiger partial charge in [-0.2, -0.15) is 0 Å². The molecular formula is C14H21NO2S. The zero-order valence-corrected chi connectivity index (χ0v) is 12.2. The van der Waals surface area contributed by atoms with Crippen molar-refractivity contribution in [2.75, 3.05) is 6.61 Å². The number of rotatable bonds is 7. The van der Waals surface area contributed by atoms with Crippen LogP contribution in [0.2, 0.25) is 0 Å². The van der Waals surface area contributed by atoms with Crippen LogP contribution in [0.5, 0.6) is 0 Å². The predicted octanol–water partition coefficient (Wildman–Crippen LogP) is 3.53. The van der Waals surface area contributed by atoms with E-state index in [4.69, 9.17) is 4.74 Å². The Hall–Kier alpha value is -1.16. The summed E-state index contributed by atoms with van der Waals surface area (Å²) in [6.45, 7) is 10.5. The van der Waals surface area contributed by atoms with Crippen LogP contribution >= 0.6 is 11.3 Å². The zero-order valence-electron chi connectivity index (χ0n) is 11.4. The maximum Gasteiger partial charge on any atom is 0.305 e. The Morgan fingerprint density at radius 1 is 1.61 bits per heavy atom. The molecule has 3 nitrogen and oxygen atoms in total. The van der Waals surface area contributed by atoms with Crippen LogP contribution in [0, 0.1) is 12.8 Å². The molecule has 0 saturated carbocycles. The highest BCUT2D eigenvalue weighted by atomic mass is 32.1. The number of allylic oxidation sites excluding steroid dienone is 1. The Morgan fingerprint density at radius 2 is 2.33 bits per heavy atom. The van der Waals surface area contributed by atoms with Gasteiger partial charge >= 0.3 is 5.97 Å². The molecule has 1 heterocycles. The van der Waals surface area contributed by atoms with Crippen LogP contribution in [0.15, 0.2) is 18.3 Å². The molecule has 0 aromatic carbocycles. The van der Waals surface area contributed by atoms with E-state index in [1.165, 1.54) is 4.88 Å². The molecule has 100 valence electrons. The molecule has 1 rings (SSSR count). The molecule has 0 bridgehead atoms. The number of aromatic nitrogens is 1. The minimum absolute atomic E-state index is 0.123. The number of hydrogen-bond acceptors (Lipinski definition) is 4. The fraction of sp³-hybridized carbons (Fsp3) is 0.571. The molecule has 1 aromatic heterocycles. The van der Waals surface area contributed by atoms with Crippen LogP contribution in [-0.2, 0) is 16.0 Å². The minimum atomic E-state index is -0.123. The van der Waals surface area contributed by atoms with Gasteiger partial charge in [0.25, 0.3) is 0 Å². The molecule has 0 spiro atoms. The topological polar surface area (TPSA) is 39.2 Å². The molecule has 0 radical (unpaired) electrons. The number of ether oxygens (including phenoxy) is 1. The van der Waals surface area contributed by atoms with Crippen LogP contribution in [0.25, 0.3) is 0 Å². The molecule has 0 amide bonds. The normalized spacial score (nSPS) is 12.2. The lowest BCUT2D eigenvalue weighted by Crippen LogP contribution is -2.08. The monoisotopic (exact) mass is 267 g/mol. The molecule has 0 aliphatic heterocycles. The van der Waals surface area contributed by atoms with Gasteiger partial charge in [-0.25, -0.2) is 4.98 Å². The van der Waals surface area contributed by atoms with Gasteiger partial charge in [-0.05, 0) is 26.2 Å². The first-order valence-corrected chi connectivity index (χ1v) is 7.09. The van der Waals surface area contributed by atoms with Gasteiger partial charge in [0.2, 0.25) is 0 Å². The maximum absolute atomic E-state index is 11.3. The molecule has 1 atom stereocenters. The van der Waals surface area contributed by atoms with E-state index in [9.17, 15) is 4.79 Å². The lowest BCUT2D eigenvalue weighted by atomic mass is 9.95. The van der Waals surface area contributed by atoms with Crippen molar-refractivity contribution in [1.82, 2.24) is 4.98 Å². The van der Waals surface area contributed by atoms with E-state index in [-0.39, 0.29) is 5.97 Å². The molecule has 0 fully saturated rings. The zero-order chi connectivity index (χ0) is 13.5. The number of hydrogen-bond donors (Lipinski definition) is 0. The Bertz CT molecular complexity index is 412. The molecule has 0 aliphatic rings. The van der Waals surface area contributed by atoms with Crippen molar-refractivity contribution in [3.63, 3.8) is 0 Å². The van der Waals surface area contributed by atoms with Crippen molar-refractivity contribution in [3.05, 3.63) is 28.2 Å². The van der Waals surface area contributed by atoms with E-state index < -0.39 is 0 Å². The van der Waals surface area contributed by atoms with E-state index in [0.717, 1.165) is 23.4 Å². The van der Waals surface area contributed by atoms with Gasteiger partial charge in [-0.3, -0.25) is 4.79 Å². The SMILES string of the molecule is C=C(Cc1ncc(C)s1)C(C)CCC(=O)OCC. The summed E-state index contributed by atoms with van der Waals surface area (Å²) in [6, 6.07) is 0. The first kappa shape index (κ1) is 14.9. The van der Waals surface area contributed by atoms with Gasteiger partial charge in [-0.1, -0.05) is 19.1 Å². The summed E-state index contributed by atoms with van der Waals surface area (Å²) >= 11 is 1.70. The largest absolute Gasteiger partial charge is 0.466 e. The third-order valence-electron chi connectivity index (χ3n) is 2.83. The number of carbonyl (C=O) groups is 1. The Balaban J connectivity index is 2.35. The van der Waals surface area contributed by atoms with Crippen LogP contribution in [-0.4, -0.2) is 17.6 Å². The summed E-state index contributed by atoms with van der Waals surface area (Å²) in [5.41, 5.74) is 1.13. The van der Waals surface area contributed by atoms with Crippen LogP contribution in [0.4, 0.5) is 0 Å². The first-order valence-electron chi connectivity index (χ1n) is 6.27. The number of carbonyl (C=O) groups excluding carboxylic acids is 1. The highest BCUT2D eigenvalue weighted by Crippen LogP contribution is 2.22. The molecule has 18 heavy (non-hydrogen) atoms. The van der Waals surface area contributed by atoms with Gasteiger partial charge in [0.15, 0.2) is 0 Å². The van der Waals surface area contributed by atoms with Crippen LogP contribution in [0.1, 0.15) is 36.6 Å². The number of nitrogens with zero attached hydrogens (tertiary/aromatic N) is 1. The number of thiazole rings is 1. The second-order valence-electron chi connectivity index (χ2n) is 4.44. The highest BCUT2D eigenvalue weighted by molar-refractivity contribution is 7.11. The average molecular weight is 267 g/mol. The second-order valence-corrected chi connectivity index (χ2v) is 5.76. The fourth-order valence-corrected chi connectivity index (χ4v) is 2.46. The Kier molecular flexibility index (Phi) is 6.05. The highest BCUT2D eigenvalue weighted by Gasteiger charge is 2.12. The molecule has 0 N–H and O–H groups in total. The van der Waals surface area contributed by atoms with Crippen molar-refractivity contribution in [2.45, 2.75) is 40.0 Å². The standard InChI is InChI=1S/C14H21NO2S/c1-5-17-14(16)7-6-10(2)11(3)8-13-15-9-12(4)18-13/h9-10H,3,5-8H2,1-2,4H3. The molecule has 0 saturated heterocycles. The number of esters is 1.